The number of rotatable bonds is 5. The number of nitrogens with one attached hydrogen (secondary N) is 2. The summed E-state index contributed by atoms with van der Waals surface area (Å²) in [5, 5.41) is 15.7. The van der Waals surface area contributed by atoms with Gasteiger partial charge in [-0.25, -0.2) is 0 Å². The molecule has 0 radical (unpaired) electrons. The zero-order valence-electron chi connectivity index (χ0n) is 13.7. The van der Waals surface area contributed by atoms with Crippen molar-refractivity contribution in [2.24, 2.45) is 0 Å². The van der Waals surface area contributed by atoms with Crippen LogP contribution in [0.1, 0.15) is 11.4 Å². The molecule has 2 heterocycles. The van der Waals surface area contributed by atoms with E-state index < -0.39 is 0 Å². The second-order valence-electron chi connectivity index (χ2n) is 5.80. The molecule has 0 fully saturated rings. The largest absolute Gasteiger partial charge is 0.361 e. The Kier molecular flexibility index (Phi) is 4.49. The molecule has 4 rings (SSSR count). The van der Waals surface area contributed by atoms with Crippen LogP contribution in [0, 0.1) is 0 Å². The summed E-state index contributed by atoms with van der Waals surface area (Å²) in [4.78, 5) is 15.5. The number of benzene rings is 2. The van der Waals surface area contributed by atoms with Gasteiger partial charge in [-0.15, -0.1) is 5.10 Å². The normalized spacial score (nSPS) is 11.0. The maximum absolute atomic E-state index is 12.3. The number of carbonyl (C=O) groups excluding carboxylic acids is 1. The molecule has 130 valence electrons. The van der Waals surface area contributed by atoms with Gasteiger partial charge in [0.15, 0.2) is 5.82 Å². The summed E-state index contributed by atoms with van der Waals surface area (Å²) in [6.45, 7) is 0.254. The Morgan fingerprint density at radius 3 is 2.81 bits per heavy atom. The fourth-order valence-corrected chi connectivity index (χ4v) is 3.05. The van der Waals surface area contributed by atoms with E-state index in [2.05, 4.69) is 41.8 Å². The standard InChI is InChI=1S/C18H15BrN6O/c19-13-5-7-14(8-6-13)25-17(22-23-24-25)11-21-18(26)9-12-10-20-16-4-2-1-3-15(12)16/h1-8,10,20H,9,11H2,(H,21,26). The number of H-pyrrole nitrogens is 1. The van der Waals surface area contributed by atoms with Crippen LogP contribution in [0.4, 0.5) is 0 Å². The second kappa shape index (κ2) is 7.09. The van der Waals surface area contributed by atoms with Gasteiger partial charge in [0, 0.05) is 21.6 Å². The summed E-state index contributed by atoms with van der Waals surface area (Å²) in [6, 6.07) is 15.5. The summed E-state index contributed by atoms with van der Waals surface area (Å²) in [6.07, 6.45) is 2.17. The second-order valence-corrected chi connectivity index (χ2v) is 6.71. The average molecular weight is 411 g/mol. The minimum absolute atomic E-state index is 0.0832. The van der Waals surface area contributed by atoms with Gasteiger partial charge in [0.2, 0.25) is 5.91 Å². The summed E-state index contributed by atoms with van der Waals surface area (Å²) in [5.41, 5.74) is 2.82. The highest BCUT2D eigenvalue weighted by Gasteiger charge is 2.12. The van der Waals surface area contributed by atoms with Crippen molar-refractivity contribution in [1.29, 1.82) is 0 Å². The molecule has 4 aromatic rings. The molecule has 0 aliphatic carbocycles. The molecule has 0 saturated carbocycles. The molecule has 8 heteroatoms. The Bertz CT molecular complexity index is 1050. The predicted octanol–water partition coefficient (Wildman–Crippen LogP) is 2.77. The molecule has 26 heavy (non-hydrogen) atoms. The summed E-state index contributed by atoms with van der Waals surface area (Å²) < 4.78 is 2.58. The molecule has 2 aromatic heterocycles. The van der Waals surface area contributed by atoms with Crippen molar-refractivity contribution in [3.63, 3.8) is 0 Å². The molecule has 0 saturated heterocycles. The zero-order valence-corrected chi connectivity index (χ0v) is 15.3. The van der Waals surface area contributed by atoms with Crippen LogP contribution >= 0.6 is 15.9 Å². The SMILES string of the molecule is O=C(Cc1c[nH]c2ccccc12)NCc1nnnn1-c1ccc(Br)cc1. The van der Waals surface area contributed by atoms with Crippen molar-refractivity contribution >= 4 is 32.7 Å². The topological polar surface area (TPSA) is 88.5 Å². The highest BCUT2D eigenvalue weighted by atomic mass is 79.9. The molecule has 0 spiro atoms. The van der Waals surface area contributed by atoms with Crippen LogP contribution in [-0.4, -0.2) is 31.1 Å². The number of amides is 1. The first-order valence-electron chi connectivity index (χ1n) is 8.05. The van der Waals surface area contributed by atoms with Crippen LogP contribution in [0.15, 0.2) is 59.2 Å². The third-order valence-electron chi connectivity index (χ3n) is 4.07. The van der Waals surface area contributed by atoms with Crippen LogP contribution in [-0.2, 0) is 17.8 Å². The lowest BCUT2D eigenvalue weighted by molar-refractivity contribution is -0.120. The van der Waals surface area contributed by atoms with E-state index in [9.17, 15) is 4.79 Å². The van der Waals surface area contributed by atoms with Crippen molar-refractivity contribution < 1.29 is 4.79 Å². The first-order valence-corrected chi connectivity index (χ1v) is 8.85. The molecule has 2 N–H and O–H groups in total. The Morgan fingerprint density at radius 2 is 1.96 bits per heavy atom. The molecule has 0 bridgehead atoms. The maximum atomic E-state index is 12.3. The van der Waals surface area contributed by atoms with Gasteiger partial charge >= 0.3 is 0 Å². The van der Waals surface area contributed by atoms with Gasteiger partial charge < -0.3 is 10.3 Å². The molecule has 1 amide bonds. The number of aromatic nitrogens is 5. The smallest absolute Gasteiger partial charge is 0.224 e. The van der Waals surface area contributed by atoms with Crippen molar-refractivity contribution in [3.05, 3.63) is 70.6 Å². The molecule has 0 aliphatic rings. The van der Waals surface area contributed by atoms with Crippen LogP contribution < -0.4 is 5.32 Å². The third kappa shape index (κ3) is 3.36. The Balaban J connectivity index is 1.44. The van der Waals surface area contributed by atoms with Gasteiger partial charge in [-0.05, 0) is 46.3 Å². The number of hydrogen-bond acceptors (Lipinski definition) is 4. The van der Waals surface area contributed by atoms with Crippen LogP contribution in [0.5, 0.6) is 0 Å². The molecule has 7 nitrogen and oxygen atoms in total. The monoisotopic (exact) mass is 410 g/mol. The van der Waals surface area contributed by atoms with Crippen molar-refractivity contribution in [1.82, 2.24) is 30.5 Å². The number of fused-ring (bicyclic) bond motifs is 1. The Labute approximate surface area is 157 Å². The predicted molar refractivity (Wildman–Crippen MR) is 101 cm³/mol. The molecule has 2 aromatic carbocycles. The van der Waals surface area contributed by atoms with Crippen LogP contribution in [0.25, 0.3) is 16.6 Å². The van der Waals surface area contributed by atoms with E-state index >= 15 is 0 Å². The number of nitrogens with zero attached hydrogens (tertiary/aromatic N) is 4. The van der Waals surface area contributed by atoms with Crippen molar-refractivity contribution in [2.45, 2.75) is 13.0 Å². The summed E-state index contributed by atoms with van der Waals surface area (Å²) in [5.74, 6) is 0.486. The third-order valence-corrected chi connectivity index (χ3v) is 4.60. The molecular weight excluding hydrogens is 396 g/mol. The molecular formula is C18H15BrN6O. The number of hydrogen-bond donors (Lipinski definition) is 2. The van der Waals surface area contributed by atoms with Crippen LogP contribution in [0.3, 0.4) is 0 Å². The van der Waals surface area contributed by atoms with Gasteiger partial charge in [-0.1, -0.05) is 34.1 Å². The fraction of sp³-hybridized carbons (Fsp3) is 0.111. The first-order chi connectivity index (χ1) is 12.7. The molecule has 0 unspecified atom stereocenters. The van der Waals surface area contributed by atoms with Gasteiger partial charge in [0.1, 0.15) is 0 Å². The van der Waals surface area contributed by atoms with E-state index in [1.54, 1.807) is 4.68 Å². The van der Waals surface area contributed by atoms with Gasteiger partial charge in [-0.2, -0.15) is 4.68 Å². The lowest BCUT2D eigenvalue weighted by atomic mass is 10.1. The highest BCUT2D eigenvalue weighted by molar-refractivity contribution is 9.10. The number of tetrazole rings is 1. The van der Waals surface area contributed by atoms with Gasteiger partial charge in [0.05, 0.1) is 18.7 Å². The number of halogens is 1. The fourth-order valence-electron chi connectivity index (χ4n) is 2.79. The number of aromatic amines is 1. The van der Waals surface area contributed by atoms with E-state index in [1.807, 2.05) is 54.7 Å². The van der Waals surface area contributed by atoms with E-state index in [4.69, 9.17) is 0 Å². The van der Waals surface area contributed by atoms with Crippen LogP contribution in [0.2, 0.25) is 0 Å². The Hall–Kier alpha value is -3.00. The minimum Gasteiger partial charge on any atom is -0.361 e. The quantitative estimate of drug-likeness (QED) is 0.529. The lowest BCUT2D eigenvalue weighted by Crippen LogP contribution is -2.26. The lowest BCUT2D eigenvalue weighted by Gasteiger charge is -2.06. The summed E-state index contributed by atoms with van der Waals surface area (Å²) in [7, 11) is 0. The first kappa shape index (κ1) is 16.5. The van der Waals surface area contributed by atoms with Gasteiger partial charge in [0.25, 0.3) is 0 Å². The van der Waals surface area contributed by atoms with E-state index in [0.717, 1.165) is 26.6 Å². The van der Waals surface area contributed by atoms with Crippen molar-refractivity contribution in [3.8, 4) is 5.69 Å². The number of carbonyl (C=O) groups is 1. The van der Waals surface area contributed by atoms with E-state index in [0.29, 0.717) is 12.2 Å². The molecule has 0 atom stereocenters. The van der Waals surface area contributed by atoms with E-state index in [-0.39, 0.29) is 12.5 Å². The highest BCUT2D eigenvalue weighted by Crippen LogP contribution is 2.18. The van der Waals surface area contributed by atoms with Gasteiger partial charge in [-0.3, -0.25) is 4.79 Å². The molecule has 0 aliphatic heterocycles. The zero-order chi connectivity index (χ0) is 17.9. The minimum atomic E-state index is -0.0832. The maximum Gasteiger partial charge on any atom is 0.224 e. The summed E-state index contributed by atoms with van der Waals surface area (Å²) >= 11 is 3.40. The Morgan fingerprint density at radius 1 is 1.15 bits per heavy atom. The average Bonchev–Trinajstić information content (AvgIpc) is 3.28. The van der Waals surface area contributed by atoms with E-state index in [1.165, 1.54) is 0 Å². The van der Waals surface area contributed by atoms with Crippen molar-refractivity contribution in [2.75, 3.05) is 0 Å². The number of para-hydroxylation sites is 1.